The number of carbonyl (C=O) groups excluding carboxylic acids is 1. The Morgan fingerprint density at radius 1 is 1.32 bits per heavy atom. The summed E-state index contributed by atoms with van der Waals surface area (Å²) < 4.78 is 0. The molecular formula is C18H28N2O2. The normalized spacial score (nSPS) is 19.0. The van der Waals surface area contributed by atoms with Crippen LogP contribution in [0.5, 0.6) is 0 Å². The van der Waals surface area contributed by atoms with Crippen molar-refractivity contribution in [2.75, 3.05) is 20.7 Å². The Hall–Kier alpha value is -1.39. The van der Waals surface area contributed by atoms with Crippen LogP contribution in [0.1, 0.15) is 49.3 Å². The van der Waals surface area contributed by atoms with Gasteiger partial charge in [-0.25, -0.2) is 0 Å². The zero-order chi connectivity index (χ0) is 16.2. The van der Waals surface area contributed by atoms with E-state index in [4.69, 9.17) is 0 Å². The number of aryl methyl sites for hydroxylation is 1. The number of carbonyl (C=O) groups is 1. The van der Waals surface area contributed by atoms with Gasteiger partial charge in [-0.3, -0.25) is 9.69 Å². The first kappa shape index (κ1) is 17.0. The Morgan fingerprint density at radius 2 is 2.00 bits per heavy atom. The highest BCUT2D eigenvalue weighted by molar-refractivity contribution is 5.84. The number of aliphatic hydroxyl groups excluding tert-OH is 1. The van der Waals surface area contributed by atoms with E-state index < -0.39 is 5.54 Å². The van der Waals surface area contributed by atoms with Crippen molar-refractivity contribution in [3.05, 3.63) is 35.4 Å². The summed E-state index contributed by atoms with van der Waals surface area (Å²) in [5.74, 6) is -0.0217. The second-order valence-corrected chi connectivity index (χ2v) is 6.77. The maximum absolute atomic E-state index is 12.9. The average molecular weight is 304 g/mol. The molecule has 0 spiro atoms. The monoisotopic (exact) mass is 304 g/mol. The van der Waals surface area contributed by atoms with Crippen molar-refractivity contribution >= 4 is 5.91 Å². The molecule has 1 fully saturated rings. The maximum atomic E-state index is 12.9. The van der Waals surface area contributed by atoms with E-state index >= 15 is 0 Å². The van der Waals surface area contributed by atoms with Crippen LogP contribution < -0.4 is 5.32 Å². The summed E-state index contributed by atoms with van der Waals surface area (Å²) >= 11 is 0. The number of benzene rings is 1. The van der Waals surface area contributed by atoms with Gasteiger partial charge in [0.2, 0.25) is 5.91 Å². The Morgan fingerprint density at radius 3 is 2.55 bits per heavy atom. The van der Waals surface area contributed by atoms with E-state index in [1.165, 1.54) is 6.42 Å². The molecule has 0 saturated heterocycles. The smallest absolute Gasteiger partial charge is 0.242 e. The topological polar surface area (TPSA) is 52.6 Å². The van der Waals surface area contributed by atoms with E-state index in [-0.39, 0.29) is 18.6 Å². The van der Waals surface area contributed by atoms with Crippen LogP contribution >= 0.6 is 0 Å². The third-order valence-corrected chi connectivity index (χ3v) is 4.62. The van der Waals surface area contributed by atoms with E-state index in [9.17, 15) is 9.90 Å². The van der Waals surface area contributed by atoms with Crippen LogP contribution in [0.25, 0.3) is 0 Å². The first-order valence-corrected chi connectivity index (χ1v) is 8.13. The fourth-order valence-electron chi connectivity index (χ4n) is 3.41. The van der Waals surface area contributed by atoms with Crippen molar-refractivity contribution < 1.29 is 9.90 Å². The fourth-order valence-corrected chi connectivity index (χ4v) is 3.41. The predicted molar refractivity (Wildman–Crippen MR) is 88.7 cm³/mol. The zero-order valence-corrected chi connectivity index (χ0v) is 13.9. The lowest BCUT2D eigenvalue weighted by molar-refractivity contribution is -0.129. The number of hydrogen-bond acceptors (Lipinski definition) is 3. The Balaban J connectivity index is 2.19. The molecule has 1 atom stereocenters. The summed E-state index contributed by atoms with van der Waals surface area (Å²) in [5, 5.41) is 12.9. The maximum Gasteiger partial charge on any atom is 0.242 e. The Labute approximate surface area is 133 Å². The molecule has 1 amide bonds. The van der Waals surface area contributed by atoms with Crippen molar-refractivity contribution in [1.82, 2.24) is 10.2 Å². The molecule has 22 heavy (non-hydrogen) atoms. The lowest BCUT2D eigenvalue weighted by Gasteiger charge is -2.38. The summed E-state index contributed by atoms with van der Waals surface area (Å²) in [7, 11) is 3.83. The molecule has 0 aliphatic heterocycles. The second kappa shape index (κ2) is 7.25. The van der Waals surface area contributed by atoms with Crippen molar-refractivity contribution in [2.45, 2.75) is 50.6 Å². The number of aliphatic hydroxyl groups is 1. The van der Waals surface area contributed by atoms with Gasteiger partial charge in [0.1, 0.15) is 6.04 Å². The molecule has 2 rings (SSSR count). The van der Waals surface area contributed by atoms with Gasteiger partial charge >= 0.3 is 0 Å². The van der Waals surface area contributed by atoms with Crippen LogP contribution in [0.2, 0.25) is 0 Å². The number of nitrogens with one attached hydrogen (secondary N) is 1. The molecule has 0 heterocycles. The Bertz CT molecular complexity index is 508. The van der Waals surface area contributed by atoms with E-state index in [0.717, 1.165) is 36.8 Å². The van der Waals surface area contributed by atoms with Crippen LogP contribution in [0.15, 0.2) is 24.3 Å². The van der Waals surface area contributed by atoms with Gasteiger partial charge in [0.15, 0.2) is 0 Å². The van der Waals surface area contributed by atoms with Crippen molar-refractivity contribution in [1.29, 1.82) is 0 Å². The number of nitrogens with zero attached hydrogens (tertiary/aromatic N) is 1. The van der Waals surface area contributed by atoms with Crippen LogP contribution in [0.3, 0.4) is 0 Å². The summed E-state index contributed by atoms with van der Waals surface area (Å²) in [5.41, 5.74) is 1.70. The average Bonchev–Trinajstić information content (AvgIpc) is 2.48. The highest BCUT2D eigenvalue weighted by Crippen LogP contribution is 2.29. The van der Waals surface area contributed by atoms with Crippen LogP contribution in [-0.2, 0) is 4.79 Å². The quantitative estimate of drug-likeness (QED) is 0.878. The van der Waals surface area contributed by atoms with Gasteiger partial charge in [0.05, 0.1) is 12.1 Å². The van der Waals surface area contributed by atoms with Crippen molar-refractivity contribution in [3.8, 4) is 0 Å². The molecule has 1 saturated carbocycles. The van der Waals surface area contributed by atoms with Gasteiger partial charge in [-0.2, -0.15) is 0 Å². The van der Waals surface area contributed by atoms with Gasteiger partial charge in [0.25, 0.3) is 0 Å². The van der Waals surface area contributed by atoms with E-state index in [0.29, 0.717) is 0 Å². The molecule has 2 N–H and O–H groups in total. The number of rotatable bonds is 5. The molecule has 0 radical (unpaired) electrons. The molecule has 0 unspecified atom stereocenters. The molecule has 1 aliphatic rings. The molecule has 4 heteroatoms. The lowest BCUT2D eigenvalue weighted by Crippen LogP contribution is -2.55. The highest BCUT2D eigenvalue weighted by atomic mass is 16.3. The molecular weight excluding hydrogens is 276 g/mol. The molecule has 0 bridgehead atoms. The minimum Gasteiger partial charge on any atom is -0.394 e. The predicted octanol–water partition coefficient (Wildman–Crippen LogP) is 2.41. The SMILES string of the molecule is Cc1cccc([C@@H](C(=O)NC2(CO)CCCCC2)N(C)C)c1. The van der Waals surface area contributed by atoms with Gasteiger partial charge in [-0.05, 0) is 39.4 Å². The first-order valence-electron chi connectivity index (χ1n) is 8.13. The molecule has 1 aromatic rings. The second-order valence-electron chi connectivity index (χ2n) is 6.77. The summed E-state index contributed by atoms with van der Waals surface area (Å²) in [6, 6.07) is 7.73. The van der Waals surface area contributed by atoms with Crippen molar-refractivity contribution in [2.24, 2.45) is 0 Å². The fraction of sp³-hybridized carbons (Fsp3) is 0.611. The summed E-state index contributed by atoms with van der Waals surface area (Å²) in [6.07, 6.45) is 5.05. The van der Waals surface area contributed by atoms with Crippen LogP contribution in [-0.4, -0.2) is 42.2 Å². The van der Waals surface area contributed by atoms with Gasteiger partial charge in [-0.15, -0.1) is 0 Å². The molecule has 4 nitrogen and oxygen atoms in total. The first-order chi connectivity index (χ1) is 10.5. The summed E-state index contributed by atoms with van der Waals surface area (Å²) in [4.78, 5) is 14.8. The van der Waals surface area contributed by atoms with Gasteiger partial charge in [0, 0.05) is 0 Å². The van der Waals surface area contributed by atoms with Gasteiger partial charge < -0.3 is 10.4 Å². The largest absolute Gasteiger partial charge is 0.394 e. The molecule has 1 aromatic carbocycles. The number of hydrogen-bond donors (Lipinski definition) is 2. The molecule has 0 aromatic heterocycles. The Kier molecular flexibility index (Phi) is 5.59. The van der Waals surface area contributed by atoms with Crippen LogP contribution in [0, 0.1) is 6.92 Å². The molecule has 1 aliphatic carbocycles. The zero-order valence-electron chi connectivity index (χ0n) is 13.9. The minimum atomic E-state index is -0.437. The summed E-state index contributed by atoms with van der Waals surface area (Å²) in [6.45, 7) is 2.05. The van der Waals surface area contributed by atoms with E-state index in [1.807, 2.05) is 44.1 Å². The van der Waals surface area contributed by atoms with Crippen LogP contribution in [0.4, 0.5) is 0 Å². The number of likely N-dealkylation sites (N-methyl/N-ethyl adjacent to an activating group) is 1. The van der Waals surface area contributed by atoms with Gasteiger partial charge in [-0.1, -0.05) is 49.1 Å². The minimum absolute atomic E-state index is 0.0205. The highest BCUT2D eigenvalue weighted by Gasteiger charge is 2.35. The van der Waals surface area contributed by atoms with E-state index in [2.05, 4.69) is 11.4 Å². The van der Waals surface area contributed by atoms with E-state index in [1.54, 1.807) is 0 Å². The number of amides is 1. The third kappa shape index (κ3) is 3.87. The van der Waals surface area contributed by atoms with Crippen molar-refractivity contribution in [3.63, 3.8) is 0 Å². The molecule has 122 valence electrons. The third-order valence-electron chi connectivity index (χ3n) is 4.62. The lowest BCUT2D eigenvalue weighted by atomic mass is 9.82. The standard InChI is InChI=1S/C18H28N2O2/c1-14-8-7-9-15(12-14)16(20(2)3)17(22)19-18(13-21)10-5-4-6-11-18/h7-9,12,16,21H,4-6,10-11,13H2,1-3H3,(H,19,22)/t16-/m0/s1.